The number of hydrogen-bond acceptors (Lipinski definition) is 4. The number of carbonyl (C=O) groups excluding carboxylic acids is 2. The van der Waals surface area contributed by atoms with Crippen molar-refractivity contribution in [1.29, 1.82) is 0 Å². The maximum Gasteiger partial charge on any atom is 0.228 e. The molecule has 1 aromatic carbocycles. The maximum atomic E-state index is 13.3. The van der Waals surface area contributed by atoms with Gasteiger partial charge in [-0.15, -0.1) is 11.3 Å². The number of carbonyl (C=O) groups is 2. The zero-order chi connectivity index (χ0) is 22.4. The SMILES string of the molecule is CC(C)(C)C(=O)N1CCN(CCN(Cc2ccc(F)cc2)C(=O)Cc2cccs2)CC1. The first-order valence-electron chi connectivity index (χ1n) is 10.8. The Morgan fingerprint density at radius 1 is 1.06 bits per heavy atom. The lowest BCUT2D eigenvalue weighted by molar-refractivity contribution is -0.141. The van der Waals surface area contributed by atoms with Crippen LogP contribution >= 0.6 is 11.3 Å². The van der Waals surface area contributed by atoms with Crippen molar-refractivity contribution < 1.29 is 14.0 Å². The number of piperazine rings is 1. The second kappa shape index (κ2) is 10.4. The highest BCUT2D eigenvalue weighted by molar-refractivity contribution is 7.10. The molecular formula is C24H32FN3O2S. The fourth-order valence-electron chi connectivity index (χ4n) is 3.69. The molecule has 2 heterocycles. The molecular weight excluding hydrogens is 413 g/mol. The third-order valence-corrected chi connectivity index (χ3v) is 6.41. The van der Waals surface area contributed by atoms with Gasteiger partial charge in [0.15, 0.2) is 0 Å². The van der Waals surface area contributed by atoms with Crippen molar-refractivity contribution in [3.63, 3.8) is 0 Å². The molecule has 1 aliphatic heterocycles. The van der Waals surface area contributed by atoms with Gasteiger partial charge < -0.3 is 9.80 Å². The number of hydrogen-bond donors (Lipinski definition) is 0. The van der Waals surface area contributed by atoms with Gasteiger partial charge in [-0.05, 0) is 29.1 Å². The Bertz CT molecular complexity index is 854. The normalized spacial score (nSPS) is 15.2. The van der Waals surface area contributed by atoms with E-state index < -0.39 is 0 Å². The van der Waals surface area contributed by atoms with E-state index in [9.17, 15) is 14.0 Å². The molecule has 0 radical (unpaired) electrons. The van der Waals surface area contributed by atoms with Crippen LogP contribution in [0.1, 0.15) is 31.2 Å². The minimum absolute atomic E-state index is 0.0771. The first-order chi connectivity index (χ1) is 14.7. The minimum atomic E-state index is -0.359. The van der Waals surface area contributed by atoms with E-state index in [0.717, 1.165) is 43.2 Å². The Morgan fingerprint density at radius 2 is 1.74 bits per heavy atom. The second-order valence-corrected chi connectivity index (χ2v) is 10.1. The molecule has 7 heteroatoms. The molecule has 0 saturated carbocycles. The van der Waals surface area contributed by atoms with Gasteiger partial charge >= 0.3 is 0 Å². The van der Waals surface area contributed by atoms with Crippen LogP contribution in [0.2, 0.25) is 0 Å². The van der Waals surface area contributed by atoms with E-state index in [1.165, 1.54) is 12.1 Å². The van der Waals surface area contributed by atoms with E-state index in [1.807, 2.05) is 48.1 Å². The summed E-state index contributed by atoms with van der Waals surface area (Å²) in [6, 6.07) is 10.3. The highest BCUT2D eigenvalue weighted by Gasteiger charge is 2.29. The van der Waals surface area contributed by atoms with E-state index >= 15 is 0 Å². The number of halogens is 1. The van der Waals surface area contributed by atoms with Gasteiger partial charge in [-0.3, -0.25) is 14.5 Å². The standard InChI is InChI=1S/C24H32FN3O2S/c1-24(2,3)23(30)27-13-10-26(11-14-27)12-15-28(18-19-6-8-20(25)9-7-19)22(29)17-21-5-4-16-31-21/h4-9,16H,10-15,17-18H2,1-3H3. The van der Waals surface area contributed by atoms with Gasteiger partial charge in [0.25, 0.3) is 0 Å². The maximum absolute atomic E-state index is 13.3. The third kappa shape index (κ3) is 6.87. The Hall–Kier alpha value is -2.25. The fourth-order valence-corrected chi connectivity index (χ4v) is 4.38. The second-order valence-electron chi connectivity index (χ2n) is 9.08. The van der Waals surface area contributed by atoms with E-state index in [-0.39, 0.29) is 23.0 Å². The van der Waals surface area contributed by atoms with Crippen LogP contribution in [0.4, 0.5) is 4.39 Å². The van der Waals surface area contributed by atoms with Crippen LogP contribution in [-0.4, -0.2) is 65.8 Å². The van der Waals surface area contributed by atoms with Crippen molar-refractivity contribution in [2.75, 3.05) is 39.3 Å². The molecule has 31 heavy (non-hydrogen) atoms. The lowest BCUT2D eigenvalue weighted by atomic mass is 9.94. The Balaban J connectivity index is 1.57. The van der Waals surface area contributed by atoms with Crippen molar-refractivity contribution in [1.82, 2.24) is 14.7 Å². The third-order valence-electron chi connectivity index (χ3n) is 5.53. The molecule has 0 N–H and O–H groups in total. The van der Waals surface area contributed by atoms with E-state index in [1.54, 1.807) is 23.5 Å². The molecule has 1 aliphatic rings. The van der Waals surface area contributed by atoms with Crippen molar-refractivity contribution in [2.24, 2.45) is 5.41 Å². The predicted octanol–water partition coefficient (Wildman–Crippen LogP) is 3.65. The van der Waals surface area contributed by atoms with E-state index in [2.05, 4.69) is 4.90 Å². The van der Waals surface area contributed by atoms with Crippen molar-refractivity contribution >= 4 is 23.2 Å². The molecule has 0 unspecified atom stereocenters. The van der Waals surface area contributed by atoms with Crippen LogP contribution in [0.25, 0.3) is 0 Å². The molecule has 5 nitrogen and oxygen atoms in total. The number of amides is 2. The van der Waals surface area contributed by atoms with Gasteiger partial charge in [0.2, 0.25) is 11.8 Å². The number of nitrogens with zero attached hydrogens (tertiary/aromatic N) is 3. The number of benzene rings is 1. The predicted molar refractivity (Wildman–Crippen MR) is 122 cm³/mol. The topological polar surface area (TPSA) is 43.9 Å². The molecule has 2 amide bonds. The van der Waals surface area contributed by atoms with Crippen LogP contribution in [0.3, 0.4) is 0 Å². The highest BCUT2D eigenvalue weighted by atomic mass is 32.1. The van der Waals surface area contributed by atoms with E-state index in [4.69, 9.17) is 0 Å². The van der Waals surface area contributed by atoms with Crippen LogP contribution in [0.15, 0.2) is 41.8 Å². The van der Waals surface area contributed by atoms with Crippen LogP contribution in [-0.2, 0) is 22.6 Å². The molecule has 0 bridgehead atoms. The Morgan fingerprint density at radius 3 is 2.32 bits per heavy atom. The van der Waals surface area contributed by atoms with Gasteiger partial charge in [-0.2, -0.15) is 0 Å². The van der Waals surface area contributed by atoms with E-state index in [0.29, 0.717) is 19.5 Å². The van der Waals surface area contributed by atoms with Gasteiger partial charge in [-0.25, -0.2) is 4.39 Å². The average molecular weight is 446 g/mol. The zero-order valence-corrected chi connectivity index (χ0v) is 19.5. The molecule has 3 rings (SSSR count). The summed E-state index contributed by atoms with van der Waals surface area (Å²) in [6.07, 6.45) is 0.382. The first kappa shape index (κ1) is 23.4. The molecule has 1 fully saturated rings. The van der Waals surface area contributed by atoms with Gasteiger partial charge in [0.05, 0.1) is 6.42 Å². The van der Waals surface area contributed by atoms with Crippen LogP contribution in [0, 0.1) is 11.2 Å². The number of thiophene rings is 1. The molecule has 0 atom stereocenters. The summed E-state index contributed by atoms with van der Waals surface area (Å²) in [5.41, 5.74) is 0.559. The van der Waals surface area contributed by atoms with Crippen LogP contribution in [0.5, 0.6) is 0 Å². The van der Waals surface area contributed by atoms with Crippen molar-refractivity contribution in [2.45, 2.75) is 33.7 Å². The van der Waals surface area contributed by atoms with Crippen molar-refractivity contribution in [3.8, 4) is 0 Å². The van der Waals surface area contributed by atoms with Gasteiger partial charge in [0, 0.05) is 56.1 Å². The average Bonchev–Trinajstić information content (AvgIpc) is 3.24. The fraction of sp³-hybridized carbons (Fsp3) is 0.500. The minimum Gasteiger partial charge on any atom is -0.340 e. The summed E-state index contributed by atoms with van der Waals surface area (Å²) in [7, 11) is 0. The summed E-state index contributed by atoms with van der Waals surface area (Å²) in [5, 5.41) is 1.98. The molecule has 1 aromatic heterocycles. The molecule has 168 valence electrons. The van der Waals surface area contributed by atoms with Crippen molar-refractivity contribution in [3.05, 3.63) is 58.0 Å². The Labute approximate surface area is 188 Å². The molecule has 1 saturated heterocycles. The quantitative estimate of drug-likeness (QED) is 0.654. The van der Waals surface area contributed by atoms with Gasteiger partial charge in [0.1, 0.15) is 5.82 Å². The first-order valence-corrected chi connectivity index (χ1v) is 11.7. The summed E-state index contributed by atoms with van der Waals surface area (Å²) in [5.74, 6) is -0.00702. The van der Waals surface area contributed by atoms with Gasteiger partial charge in [-0.1, -0.05) is 39.0 Å². The monoisotopic (exact) mass is 445 g/mol. The summed E-state index contributed by atoms with van der Waals surface area (Å²) in [6.45, 7) is 10.7. The lowest BCUT2D eigenvalue weighted by Crippen LogP contribution is -2.52. The highest BCUT2D eigenvalue weighted by Crippen LogP contribution is 2.19. The summed E-state index contributed by atoms with van der Waals surface area (Å²) >= 11 is 1.58. The number of rotatable bonds is 7. The van der Waals surface area contributed by atoms with Crippen LogP contribution < -0.4 is 0 Å². The molecule has 0 spiro atoms. The largest absolute Gasteiger partial charge is 0.340 e. The molecule has 0 aliphatic carbocycles. The Kier molecular flexibility index (Phi) is 7.84. The lowest BCUT2D eigenvalue weighted by Gasteiger charge is -2.38. The molecule has 2 aromatic rings. The summed E-state index contributed by atoms with van der Waals surface area (Å²) < 4.78 is 13.3. The zero-order valence-electron chi connectivity index (χ0n) is 18.6. The smallest absolute Gasteiger partial charge is 0.228 e. The summed E-state index contributed by atoms with van der Waals surface area (Å²) in [4.78, 5) is 32.6.